The van der Waals surface area contributed by atoms with Crippen LogP contribution in [0.3, 0.4) is 0 Å². The van der Waals surface area contributed by atoms with Crippen molar-refractivity contribution in [3.05, 3.63) is 67.5 Å². The van der Waals surface area contributed by atoms with Gasteiger partial charge >= 0.3 is 0 Å². The molecule has 2 aromatic carbocycles. The van der Waals surface area contributed by atoms with Gasteiger partial charge in [-0.3, -0.25) is 14.2 Å². The molecule has 2 fully saturated rings. The molecule has 0 aliphatic carbocycles. The van der Waals surface area contributed by atoms with Gasteiger partial charge in [0.15, 0.2) is 11.2 Å². The monoisotopic (exact) mass is 582 g/mol. The van der Waals surface area contributed by atoms with Gasteiger partial charge in [0.1, 0.15) is 12.0 Å². The van der Waals surface area contributed by atoms with E-state index < -0.39 is 0 Å². The summed E-state index contributed by atoms with van der Waals surface area (Å²) in [6.45, 7) is 8.81. The van der Waals surface area contributed by atoms with E-state index in [9.17, 15) is 9.59 Å². The standard InChI is InChI=1S/C31H34N8O4/c1-3-26(41)33-23-7-6-8-25(19-23)43-30-28-29(39(20-32-28)27-9-4-5-18-42-27)35-31(36-30)34-22-10-12-24(13-11-22)38-16-14-37(15-17-38)21(2)40/h3,6-8,10-13,19-20,27H,1,4-5,9,14-18H2,2H3,(H,33,41)(H,34,35,36). The van der Waals surface area contributed by atoms with Crippen LogP contribution in [0.25, 0.3) is 11.2 Å². The Balaban J connectivity index is 1.27. The SMILES string of the molecule is C=CC(=O)Nc1cccc(Oc2nc(Nc3ccc(N4CCN(C(C)=O)CC4)cc3)nc3c2ncn3C2CCCCO2)c1. The molecule has 0 spiro atoms. The first-order chi connectivity index (χ1) is 21.0. The van der Waals surface area contributed by atoms with Crippen molar-refractivity contribution in [3.63, 3.8) is 0 Å². The van der Waals surface area contributed by atoms with Crippen LogP contribution in [0.2, 0.25) is 0 Å². The molecule has 2 aromatic heterocycles. The Morgan fingerprint density at radius 2 is 1.86 bits per heavy atom. The molecule has 0 radical (unpaired) electrons. The number of fused-ring (bicyclic) bond motifs is 1. The van der Waals surface area contributed by atoms with Crippen LogP contribution in [0.4, 0.5) is 23.0 Å². The van der Waals surface area contributed by atoms with E-state index in [0.717, 1.165) is 43.7 Å². The van der Waals surface area contributed by atoms with E-state index >= 15 is 0 Å². The number of nitrogens with zero attached hydrogens (tertiary/aromatic N) is 6. The second kappa shape index (κ2) is 12.5. The third kappa shape index (κ3) is 6.44. The first-order valence-electron chi connectivity index (χ1n) is 14.4. The quantitative estimate of drug-likeness (QED) is 0.280. The van der Waals surface area contributed by atoms with Crippen molar-refractivity contribution < 1.29 is 19.1 Å². The van der Waals surface area contributed by atoms with Gasteiger partial charge < -0.3 is 29.9 Å². The molecule has 2 saturated heterocycles. The number of nitrogens with one attached hydrogen (secondary N) is 2. The summed E-state index contributed by atoms with van der Waals surface area (Å²) in [7, 11) is 0. The largest absolute Gasteiger partial charge is 0.437 e. The highest BCUT2D eigenvalue weighted by molar-refractivity contribution is 5.99. The van der Waals surface area contributed by atoms with E-state index in [1.807, 2.05) is 33.7 Å². The molecule has 43 heavy (non-hydrogen) atoms. The van der Waals surface area contributed by atoms with Crippen LogP contribution >= 0.6 is 0 Å². The summed E-state index contributed by atoms with van der Waals surface area (Å²) in [5.41, 5.74) is 3.56. The minimum atomic E-state index is -0.316. The van der Waals surface area contributed by atoms with Crippen molar-refractivity contribution >= 4 is 46.0 Å². The first kappa shape index (κ1) is 28.2. The van der Waals surface area contributed by atoms with Crippen LogP contribution in [0, 0.1) is 0 Å². The first-order valence-corrected chi connectivity index (χ1v) is 14.4. The van der Waals surface area contributed by atoms with E-state index in [-0.39, 0.29) is 23.9 Å². The topological polar surface area (TPSA) is 127 Å². The average molecular weight is 583 g/mol. The summed E-state index contributed by atoms with van der Waals surface area (Å²) in [6, 6.07) is 15.1. The van der Waals surface area contributed by atoms with E-state index in [0.29, 0.717) is 48.2 Å². The lowest BCUT2D eigenvalue weighted by molar-refractivity contribution is -0.129. The molecule has 1 unspecified atom stereocenters. The van der Waals surface area contributed by atoms with Crippen molar-refractivity contribution in [2.75, 3.05) is 48.3 Å². The molecule has 2 N–H and O–H groups in total. The highest BCUT2D eigenvalue weighted by Gasteiger charge is 2.23. The summed E-state index contributed by atoms with van der Waals surface area (Å²) in [6.07, 6.45) is 5.70. The molecule has 4 aromatic rings. The van der Waals surface area contributed by atoms with Crippen molar-refractivity contribution in [1.29, 1.82) is 0 Å². The van der Waals surface area contributed by atoms with Gasteiger partial charge in [0.2, 0.25) is 17.8 Å². The Labute approximate surface area is 249 Å². The van der Waals surface area contributed by atoms with Crippen molar-refractivity contribution in [1.82, 2.24) is 24.4 Å². The van der Waals surface area contributed by atoms with Gasteiger partial charge in [-0.15, -0.1) is 0 Å². The number of hydrogen-bond acceptors (Lipinski definition) is 9. The number of amides is 2. The average Bonchev–Trinajstić information content (AvgIpc) is 3.46. The maximum Gasteiger partial charge on any atom is 0.252 e. The Morgan fingerprint density at radius 1 is 1.05 bits per heavy atom. The number of rotatable bonds is 8. The van der Waals surface area contributed by atoms with Crippen LogP contribution in [0.15, 0.2) is 67.5 Å². The van der Waals surface area contributed by atoms with Gasteiger partial charge in [-0.25, -0.2) is 4.98 Å². The van der Waals surface area contributed by atoms with Crippen molar-refractivity contribution in [2.24, 2.45) is 0 Å². The second-order valence-corrected chi connectivity index (χ2v) is 10.5. The third-order valence-corrected chi connectivity index (χ3v) is 7.57. The molecule has 12 heteroatoms. The van der Waals surface area contributed by atoms with Gasteiger partial charge in [0.25, 0.3) is 5.88 Å². The molecule has 2 aliphatic heterocycles. The maximum absolute atomic E-state index is 11.8. The van der Waals surface area contributed by atoms with E-state index in [4.69, 9.17) is 14.5 Å². The lowest BCUT2D eigenvalue weighted by atomic mass is 10.2. The van der Waals surface area contributed by atoms with Gasteiger partial charge in [-0.2, -0.15) is 9.97 Å². The van der Waals surface area contributed by atoms with E-state index in [1.165, 1.54) is 6.08 Å². The Morgan fingerprint density at radius 3 is 2.58 bits per heavy atom. The molecule has 0 bridgehead atoms. The minimum absolute atomic E-state index is 0.114. The van der Waals surface area contributed by atoms with Gasteiger partial charge in [0.05, 0.1) is 6.33 Å². The zero-order valence-corrected chi connectivity index (χ0v) is 24.0. The fraction of sp³-hybridized carbons (Fsp3) is 0.323. The molecule has 2 aliphatic rings. The molecule has 12 nitrogen and oxygen atoms in total. The summed E-state index contributed by atoms with van der Waals surface area (Å²) in [5.74, 6) is 0.894. The number of carbonyl (C=O) groups excluding carboxylic acids is 2. The molecule has 222 valence electrons. The van der Waals surface area contributed by atoms with Gasteiger partial charge in [0, 0.05) is 62.8 Å². The number of aromatic nitrogens is 4. The van der Waals surface area contributed by atoms with E-state index in [2.05, 4.69) is 32.1 Å². The molecule has 4 heterocycles. The van der Waals surface area contributed by atoms with Gasteiger partial charge in [-0.05, 0) is 61.7 Å². The number of imidazole rings is 1. The van der Waals surface area contributed by atoms with Crippen LogP contribution < -0.4 is 20.3 Å². The summed E-state index contributed by atoms with van der Waals surface area (Å²) in [5, 5.41) is 6.06. The van der Waals surface area contributed by atoms with Crippen molar-refractivity contribution in [2.45, 2.75) is 32.4 Å². The normalized spacial score (nSPS) is 17.0. The number of hydrogen-bond donors (Lipinski definition) is 2. The zero-order chi connectivity index (χ0) is 29.8. The highest BCUT2D eigenvalue weighted by Crippen LogP contribution is 2.33. The molecule has 0 saturated carbocycles. The Hall–Kier alpha value is -4.97. The Bertz CT molecular complexity index is 1620. The lowest BCUT2D eigenvalue weighted by Crippen LogP contribution is -2.48. The van der Waals surface area contributed by atoms with Crippen LogP contribution in [0.5, 0.6) is 11.6 Å². The number of carbonyl (C=O) groups is 2. The number of piperazine rings is 1. The lowest BCUT2D eigenvalue weighted by Gasteiger charge is -2.35. The highest BCUT2D eigenvalue weighted by atomic mass is 16.5. The molecule has 1 atom stereocenters. The van der Waals surface area contributed by atoms with Crippen LogP contribution in [-0.4, -0.2) is 69.0 Å². The Kier molecular flexibility index (Phi) is 8.18. The molecule has 6 rings (SSSR count). The third-order valence-electron chi connectivity index (χ3n) is 7.57. The summed E-state index contributed by atoms with van der Waals surface area (Å²) < 4.78 is 14.2. The number of benzene rings is 2. The second-order valence-electron chi connectivity index (χ2n) is 10.5. The van der Waals surface area contributed by atoms with Crippen LogP contribution in [-0.2, 0) is 14.3 Å². The number of ether oxygens (including phenoxy) is 2. The fourth-order valence-corrected chi connectivity index (χ4v) is 5.28. The smallest absolute Gasteiger partial charge is 0.252 e. The fourth-order valence-electron chi connectivity index (χ4n) is 5.28. The molecular formula is C31H34N8O4. The minimum Gasteiger partial charge on any atom is -0.437 e. The predicted molar refractivity (Wildman–Crippen MR) is 164 cm³/mol. The summed E-state index contributed by atoms with van der Waals surface area (Å²) >= 11 is 0. The molecule has 2 amide bonds. The van der Waals surface area contributed by atoms with E-state index in [1.54, 1.807) is 37.5 Å². The van der Waals surface area contributed by atoms with Crippen LogP contribution in [0.1, 0.15) is 32.4 Å². The summed E-state index contributed by atoms with van der Waals surface area (Å²) in [4.78, 5) is 41.7. The number of anilines is 4. The maximum atomic E-state index is 11.8. The van der Waals surface area contributed by atoms with Crippen molar-refractivity contribution in [3.8, 4) is 11.6 Å². The molecular weight excluding hydrogens is 548 g/mol. The zero-order valence-electron chi connectivity index (χ0n) is 24.0. The predicted octanol–water partition coefficient (Wildman–Crippen LogP) is 4.85. The van der Waals surface area contributed by atoms with Gasteiger partial charge in [-0.1, -0.05) is 12.6 Å².